The molecule has 1 amide bonds. The topological polar surface area (TPSA) is 53.6 Å². The normalized spacial score (nSPS) is 15.3. The molecule has 3 aromatic rings. The van der Waals surface area contributed by atoms with E-state index in [2.05, 4.69) is 33.7 Å². The Hall–Kier alpha value is -3.06. The molecule has 1 atom stereocenters. The maximum absolute atomic E-state index is 13.2. The van der Waals surface area contributed by atoms with Crippen LogP contribution in [0.15, 0.2) is 78.9 Å². The average Bonchev–Trinajstić information content (AvgIpc) is 2.83. The highest BCUT2D eigenvalue weighted by Gasteiger charge is 2.21. The van der Waals surface area contributed by atoms with Crippen LogP contribution in [0.2, 0.25) is 0 Å². The first-order chi connectivity index (χ1) is 15.7. The Morgan fingerprint density at radius 3 is 2.28 bits per heavy atom. The molecule has 4 rings (SSSR count). The van der Waals surface area contributed by atoms with Crippen molar-refractivity contribution in [2.45, 2.75) is 19.1 Å². The smallest absolute Gasteiger partial charge is 0.246 e. The summed E-state index contributed by atoms with van der Waals surface area (Å²) in [4.78, 5) is 15.5. The molecule has 0 bridgehead atoms. The average molecular weight is 434 g/mol. The van der Waals surface area contributed by atoms with Gasteiger partial charge in [-0.3, -0.25) is 15.0 Å². The van der Waals surface area contributed by atoms with Gasteiger partial charge >= 0.3 is 0 Å². The van der Waals surface area contributed by atoms with Crippen LogP contribution in [0.4, 0.5) is 10.1 Å². The Labute approximate surface area is 188 Å². The second kappa shape index (κ2) is 11.0. The van der Waals surface area contributed by atoms with Crippen molar-refractivity contribution >= 4 is 11.6 Å². The Balaban J connectivity index is 1.48. The van der Waals surface area contributed by atoms with E-state index in [1.807, 2.05) is 36.4 Å². The fourth-order valence-corrected chi connectivity index (χ4v) is 3.85. The molecule has 166 valence electrons. The molecule has 2 N–H and O–H groups in total. The minimum atomic E-state index is -0.544. The molecule has 1 saturated heterocycles. The summed E-state index contributed by atoms with van der Waals surface area (Å²) < 4.78 is 18.7. The number of ether oxygens (including phenoxy) is 1. The van der Waals surface area contributed by atoms with E-state index in [0.717, 1.165) is 44.0 Å². The van der Waals surface area contributed by atoms with E-state index in [-0.39, 0.29) is 11.7 Å². The molecule has 1 aliphatic heterocycles. The second-order valence-corrected chi connectivity index (χ2v) is 7.88. The number of nitrogens with zero attached hydrogens (tertiary/aromatic N) is 1. The number of morpholine rings is 1. The number of hydrogen-bond donors (Lipinski definition) is 2. The molecule has 0 spiro atoms. The van der Waals surface area contributed by atoms with Gasteiger partial charge in [0.2, 0.25) is 5.91 Å². The standard InChI is InChI=1S/C26H28FN3O2/c27-23-10-12-24(13-11-23)29-26(31)25(20-6-2-1-3-7-20)28-18-21-8-4-5-9-22(21)19-30-14-16-32-17-15-30/h1-13,25,28H,14-19H2,(H,29,31)/t25-/m1/s1. The number of nitrogens with one attached hydrogen (secondary N) is 2. The van der Waals surface area contributed by atoms with Crippen molar-refractivity contribution in [3.05, 3.63) is 101 Å². The van der Waals surface area contributed by atoms with Crippen LogP contribution in [0, 0.1) is 5.82 Å². The van der Waals surface area contributed by atoms with E-state index in [4.69, 9.17) is 4.74 Å². The van der Waals surface area contributed by atoms with Gasteiger partial charge in [-0.2, -0.15) is 0 Å². The number of carbonyl (C=O) groups is 1. The van der Waals surface area contributed by atoms with E-state index in [1.165, 1.54) is 17.7 Å². The molecule has 0 unspecified atom stereocenters. The molecule has 1 aliphatic rings. The van der Waals surface area contributed by atoms with E-state index >= 15 is 0 Å². The summed E-state index contributed by atoms with van der Waals surface area (Å²) in [5.41, 5.74) is 3.84. The summed E-state index contributed by atoms with van der Waals surface area (Å²) in [6.07, 6.45) is 0. The molecule has 0 radical (unpaired) electrons. The molecular weight excluding hydrogens is 405 g/mol. The minimum absolute atomic E-state index is 0.187. The van der Waals surface area contributed by atoms with Crippen molar-refractivity contribution in [3.8, 4) is 0 Å². The summed E-state index contributed by atoms with van der Waals surface area (Å²) >= 11 is 0. The zero-order valence-corrected chi connectivity index (χ0v) is 18.0. The van der Waals surface area contributed by atoms with E-state index in [1.54, 1.807) is 12.1 Å². The van der Waals surface area contributed by atoms with Crippen LogP contribution in [0.25, 0.3) is 0 Å². The Bertz CT molecular complexity index is 1010. The van der Waals surface area contributed by atoms with Gasteiger partial charge in [0.05, 0.1) is 13.2 Å². The first-order valence-corrected chi connectivity index (χ1v) is 10.9. The van der Waals surface area contributed by atoms with Crippen LogP contribution in [0.1, 0.15) is 22.7 Å². The van der Waals surface area contributed by atoms with Crippen molar-refractivity contribution in [2.24, 2.45) is 0 Å². The van der Waals surface area contributed by atoms with Crippen molar-refractivity contribution in [1.29, 1.82) is 0 Å². The van der Waals surface area contributed by atoms with Crippen LogP contribution in [-0.4, -0.2) is 37.1 Å². The van der Waals surface area contributed by atoms with Crippen LogP contribution in [0.5, 0.6) is 0 Å². The van der Waals surface area contributed by atoms with E-state index in [9.17, 15) is 9.18 Å². The summed E-state index contributed by atoms with van der Waals surface area (Å²) in [5, 5.41) is 6.33. The fourth-order valence-electron chi connectivity index (χ4n) is 3.85. The molecule has 3 aromatic carbocycles. The summed E-state index contributed by atoms with van der Waals surface area (Å²) in [7, 11) is 0. The maximum Gasteiger partial charge on any atom is 0.246 e. The van der Waals surface area contributed by atoms with Gasteiger partial charge in [-0.1, -0.05) is 54.6 Å². The number of benzene rings is 3. The first-order valence-electron chi connectivity index (χ1n) is 10.9. The Morgan fingerprint density at radius 1 is 0.906 bits per heavy atom. The van der Waals surface area contributed by atoms with Crippen molar-refractivity contribution in [2.75, 3.05) is 31.6 Å². The number of amides is 1. The van der Waals surface area contributed by atoms with Gasteiger partial charge in [-0.15, -0.1) is 0 Å². The lowest BCUT2D eigenvalue weighted by Gasteiger charge is -2.27. The largest absolute Gasteiger partial charge is 0.379 e. The predicted octanol–water partition coefficient (Wildman–Crippen LogP) is 4.13. The number of anilines is 1. The zero-order valence-electron chi connectivity index (χ0n) is 18.0. The molecule has 6 heteroatoms. The fraction of sp³-hybridized carbons (Fsp3) is 0.269. The van der Waals surface area contributed by atoms with Crippen molar-refractivity contribution < 1.29 is 13.9 Å². The third kappa shape index (κ3) is 6.01. The SMILES string of the molecule is O=C(Nc1ccc(F)cc1)[C@H](NCc1ccccc1CN1CCOCC1)c1ccccc1. The lowest BCUT2D eigenvalue weighted by atomic mass is 10.0. The van der Waals surface area contributed by atoms with Gasteiger partial charge in [0.1, 0.15) is 11.9 Å². The van der Waals surface area contributed by atoms with Gasteiger partial charge in [-0.25, -0.2) is 4.39 Å². The van der Waals surface area contributed by atoms with Gasteiger partial charge < -0.3 is 10.1 Å². The van der Waals surface area contributed by atoms with Gasteiger partial charge in [-0.05, 0) is 41.0 Å². The van der Waals surface area contributed by atoms with Crippen LogP contribution >= 0.6 is 0 Å². The molecular formula is C26H28FN3O2. The lowest BCUT2D eigenvalue weighted by molar-refractivity contribution is -0.118. The zero-order chi connectivity index (χ0) is 22.2. The first kappa shape index (κ1) is 22.1. The number of hydrogen-bond acceptors (Lipinski definition) is 4. The Kier molecular flexibility index (Phi) is 7.61. The highest BCUT2D eigenvalue weighted by atomic mass is 19.1. The molecule has 32 heavy (non-hydrogen) atoms. The lowest BCUT2D eigenvalue weighted by Crippen LogP contribution is -2.36. The molecule has 5 nitrogen and oxygen atoms in total. The number of halogens is 1. The summed E-state index contributed by atoms with van der Waals surface area (Å²) in [6.45, 7) is 4.79. The van der Waals surface area contributed by atoms with E-state index in [0.29, 0.717) is 12.2 Å². The van der Waals surface area contributed by atoms with Gasteiger partial charge in [0.25, 0.3) is 0 Å². The highest BCUT2D eigenvalue weighted by Crippen LogP contribution is 2.19. The highest BCUT2D eigenvalue weighted by molar-refractivity contribution is 5.95. The monoisotopic (exact) mass is 433 g/mol. The number of rotatable bonds is 8. The summed E-state index contributed by atoms with van der Waals surface area (Å²) in [6, 6.07) is 23.2. The van der Waals surface area contributed by atoms with Gasteiger partial charge in [0.15, 0.2) is 0 Å². The Morgan fingerprint density at radius 2 is 1.56 bits per heavy atom. The van der Waals surface area contributed by atoms with E-state index < -0.39 is 6.04 Å². The minimum Gasteiger partial charge on any atom is -0.379 e. The quantitative estimate of drug-likeness (QED) is 0.561. The third-order valence-electron chi connectivity index (χ3n) is 5.62. The van der Waals surface area contributed by atoms with Gasteiger partial charge in [0, 0.05) is 31.9 Å². The predicted molar refractivity (Wildman–Crippen MR) is 124 cm³/mol. The van der Waals surface area contributed by atoms with Crippen LogP contribution in [0.3, 0.4) is 0 Å². The molecule has 1 heterocycles. The van der Waals surface area contributed by atoms with Crippen LogP contribution < -0.4 is 10.6 Å². The maximum atomic E-state index is 13.2. The summed E-state index contributed by atoms with van der Waals surface area (Å²) in [5.74, 6) is -0.522. The van der Waals surface area contributed by atoms with Crippen molar-refractivity contribution in [3.63, 3.8) is 0 Å². The molecule has 0 saturated carbocycles. The third-order valence-corrected chi connectivity index (χ3v) is 5.62. The second-order valence-electron chi connectivity index (χ2n) is 7.88. The molecule has 0 aromatic heterocycles. The van der Waals surface area contributed by atoms with Crippen molar-refractivity contribution in [1.82, 2.24) is 10.2 Å². The van der Waals surface area contributed by atoms with Crippen LogP contribution in [-0.2, 0) is 22.6 Å². The number of carbonyl (C=O) groups excluding carboxylic acids is 1. The molecule has 0 aliphatic carbocycles. The molecule has 1 fully saturated rings.